The van der Waals surface area contributed by atoms with E-state index in [9.17, 15) is 4.39 Å². The van der Waals surface area contributed by atoms with Crippen molar-refractivity contribution in [2.24, 2.45) is 0 Å². The average Bonchev–Trinajstić information content (AvgIpc) is 2.60. The van der Waals surface area contributed by atoms with Crippen molar-refractivity contribution in [3.05, 3.63) is 54.6 Å². The number of para-hydroxylation sites is 1. The van der Waals surface area contributed by atoms with Crippen LogP contribution in [0.3, 0.4) is 0 Å². The Morgan fingerprint density at radius 2 is 1.88 bits per heavy atom. The molecule has 126 valence electrons. The van der Waals surface area contributed by atoms with Crippen molar-refractivity contribution < 1.29 is 4.39 Å². The minimum Gasteiger partial charge on any atom is -0.366 e. The topological polar surface area (TPSA) is 44.3 Å². The van der Waals surface area contributed by atoms with Crippen molar-refractivity contribution in [2.75, 3.05) is 47.8 Å². The quantitative estimate of drug-likeness (QED) is 0.856. The number of aromatic nitrogens is 2. The largest absolute Gasteiger partial charge is 0.366 e. The predicted molar refractivity (Wildman–Crippen MR) is 96.3 cm³/mol. The zero-order valence-electron chi connectivity index (χ0n) is 13.9. The van der Waals surface area contributed by atoms with Gasteiger partial charge in [0, 0.05) is 38.8 Å². The number of rotatable bonds is 5. The number of halogens is 1. The Labute approximate surface area is 141 Å². The Bertz CT molecular complexity index is 710. The second-order valence-corrected chi connectivity index (χ2v) is 5.75. The highest BCUT2D eigenvalue weighted by Crippen LogP contribution is 2.23. The number of hydrogen-bond acceptors (Lipinski definition) is 5. The van der Waals surface area contributed by atoms with Crippen LogP contribution in [0.5, 0.6) is 0 Å². The molecule has 1 saturated heterocycles. The summed E-state index contributed by atoms with van der Waals surface area (Å²) in [6.45, 7) is 9.37. The van der Waals surface area contributed by atoms with Crippen molar-refractivity contribution in [2.45, 2.75) is 6.92 Å². The minimum atomic E-state index is -0.167. The normalized spacial score (nSPS) is 14.6. The van der Waals surface area contributed by atoms with Gasteiger partial charge < -0.3 is 15.1 Å². The molecule has 0 atom stereocenters. The Hall–Kier alpha value is -2.63. The molecule has 1 aromatic heterocycles. The number of benzene rings is 1. The van der Waals surface area contributed by atoms with E-state index in [-0.39, 0.29) is 5.82 Å². The molecule has 1 N–H and O–H groups in total. The van der Waals surface area contributed by atoms with Gasteiger partial charge in [-0.25, -0.2) is 14.4 Å². The van der Waals surface area contributed by atoms with Crippen LogP contribution in [-0.2, 0) is 0 Å². The van der Waals surface area contributed by atoms with Crippen LogP contribution >= 0.6 is 0 Å². The van der Waals surface area contributed by atoms with E-state index in [1.807, 2.05) is 25.1 Å². The molecule has 0 radical (unpaired) electrons. The SMILES string of the molecule is C=CCNc1cc(N2CCN(c3ccccc3F)CC2)nc(C)n1. The molecule has 3 rings (SSSR count). The van der Waals surface area contributed by atoms with Gasteiger partial charge in [-0.2, -0.15) is 0 Å². The summed E-state index contributed by atoms with van der Waals surface area (Å²) in [4.78, 5) is 13.2. The van der Waals surface area contributed by atoms with Gasteiger partial charge in [-0.1, -0.05) is 18.2 Å². The lowest BCUT2D eigenvalue weighted by molar-refractivity contribution is 0.596. The number of piperazine rings is 1. The highest BCUT2D eigenvalue weighted by molar-refractivity contribution is 5.53. The molecular formula is C18H22FN5. The number of nitrogens with one attached hydrogen (secondary N) is 1. The zero-order valence-corrected chi connectivity index (χ0v) is 13.9. The van der Waals surface area contributed by atoms with E-state index in [1.54, 1.807) is 12.1 Å². The summed E-state index contributed by atoms with van der Waals surface area (Å²) in [7, 11) is 0. The smallest absolute Gasteiger partial charge is 0.146 e. The van der Waals surface area contributed by atoms with E-state index in [2.05, 4.69) is 31.7 Å². The molecule has 0 unspecified atom stereocenters. The van der Waals surface area contributed by atoms with Gasteiger partial charge in [0.1, 0.15) is 23.3 Å². The van der Waals surface area contributed by atoms with E-state index >= 15 is 0 Å². The van der Waals surface area contributed by atoms with Gasteiger partial charge in [-0.15, -0.1) is 6.58 Å². The fourth-order valence-corrected chi connectivity index (χ4v) is 2.87. The first kappa shape index (κ1) is 16.2. The molecule has 1 fully saturated rings. The molecule has 0 bridgehead atoms. The summed E-state index contributed by atoms with van der Waals surface area (Å²) in [5, 5.41) is 3.20. The Morgan fingerprint density at radius 3 is 2.58 bits per heavy atom. The van der Waals surface area contributed by atoms with Crippen molar-refractivity contribution in [3.8, 4) is 0 Å². The maximum atomic E-state index is 13.9. The summed E-state index contributed by atoms with van der Waals surface area (Å²) in [6, 6.07) is 8.88. The zero-order chi connectivity index (χ0) is 16.9. The van der Waals surface area contributed by atoms with Crippen LogP contribution in [0.2, 0.25) is 0 Å². The van der Waals surface area contributed by atoms with Gasteiger partial charge in [0.15, 0.2) is 0 Å². The highest BCUT2D eigenvalue weighted by Gasteiger charge is 2.20. The lowest BCUT2D eigenvalue weighted by Gasteiger charge is -2.37. The molecule has 5 nitrogen and oxygen atoms in total. The number of nitrogens with zero attached hydrogens (tertiary/aromatic N) is 4. The number of hydrogen-bond donors (Lipinski definition) is 1. The van der Waals surface area contributed by atoms with Gasteiger partial charge in [0.05, 0.1) is 5.69 Å². The van der Waals surface area contributed by atoms with Gasteiger partial charge >= 0.3 is 0 Å². The maximum absolute atomic E-state index is 13.9. The van der Waals surface area contributed by atoms with Crippen LogP contribution < -0.4 is 15.1 Å². The first-order chi connectivity index (χ1) is 11.7. The third kappa shape index (κ3) is 3.64. The van der Waals surface area contributed by atoms with Gasteiger partial charge in [-0.05, 0) is 19.1 Å². The molecule has 6 heteroatoms. The van der Waals surface area contributed by atoms with Crippen LogP contribution in [0, 0.1) is 12.7 Å². The lowest BCUT2D eigenvalue weighted by Crippen LogP contribution is -2.47. The fourth-order valence-electron chi connectivity index (χ4n) is 2.87. The van der Waals surface area contributed by atoms with E-state index in [4.69, 9.17) is 0 Å². The summed E-state index contributed by atoms with van der Waals surface area (Å²) in [6.07, 6.45) is 1.80. The third-order valence-electron chi connectivity index (χ3n) is 4.05. The van der Waals surface area contributed by atoms with Crippen LogP contribution in [0.25, 0.3) is 0 Å². The number of aryl methyl sites for hydroxylation is 1. The summed E-state index contributed by atoms with van der Waals surface area (Å²) < 4.78 is 13.9. The van der Waals surface area contributed by atoms with Crippen LogP contribution in [0.1, 0.15) is 5.82 Å². The Balaban J connectivity index is 1.69. The van der Waals surface area contributed by atoms with Crippen molar-refractivity contribution in [3.63, 3.8) is 0 Å². The molecule has 0 saturated carbocycles. The summed E-state index contributed by atoms with van der Waals surface area (Å²) >= 11 is 0. The monoisotopic (exact) mass is 327 g/mol. The minimum absolute atomic E-state index is 0.167. The van der Waals surface area contributed by atoms with E-state index in [0.29, 0.717) is 12.2 Å². The van der Waals surface area contributed by atoms with Gasteiger partial charge in [0.25, 0.3) is 0 Å². The van der Waals surface area contributed by atoms with Crippen molar-refractivity contribution in [1.29, 1.82) is 0 Å². The van der Waals surface area contributed by atoms with E-state index in [0.717, 1.165) is 43.6 Å². The first-order valence-corrected chi connectivity index (χ1v) is 8.12. The molecule has 1 aliphatic heterocycles. The molecule has 24 heavy (non-hydrogen) atoms. The molecule has 0 aliphatic carbocycles. The maximum Gasteiger partial charge on any atom is 0.146 e. The van der Waals surface area contributed by atoms with E-state index < -0.39 is 0 Å². The molecule has 1 aromatic carbocycles. The molecule has 1 aliphatic rings. The van der Waals surface area contributed by atoms with Gasteiger partial charge in [-0.3, -0.25) is 0 Å². The highest BCUT2D eigenvalue weighted by atomic mass is 19.1. The second kappa shape index (κ2) is 7.29. The average molecular weight is 327 g/mol. The molecule has 2 aromatic rings. The lowest BCUT2D eigenvalue weighted by atomic mass is 10.2. The van der Waals surface area contributed by atoms with Gasteiger partial charge in [0.2, 0.25) is 0 Å². The summed E-state index contributed by atoms with van der Waals surface area (Å²) in [5.74, 6) is 2.27. The van der Waals surface area contributed by atoms with Crippen LogP contribution in [-0.4, -0.2) is 42.7 Å². The number of anilines is 3. The van der Waals surface area contributed by atoms with Crippen LogP contribution in [0.4, 0.5) is 21.7 Å². The first-order valence-electron chi connectivity index (χ1n) is 8.12. The Morgan fingerprint density at radius 1 is 1.17 bits per heavy atom. The predicted octanol–water partition coefficient (Wildman–Crippen LogP) is 2.85. The molecule has 2 heterocycles. The van der Waals surface area contributed by atoms with E-state index in [1.165, 1.54) is 6.07 Å². The second-order valence-electron chi connectivity index (χ2n) is 5.75. The molecule has 0 amide bonds. The van der Waals surface area contributed by atoms with Crippen molar-refractivity contribution in [1.82, 2.24) is 9.97 Å². The standard InChI is InChI=1S/C18H22FN5/c1-3-8-20-17-13-18(22-14(2)21-17)24-11-9-23(10-12-24)16-7-5-4-6-15(16)19/h3-7,13H,1,8-12H2,2H3,(H,20,21,22). The van der Waals surface area contributed by atoms with Crippen LogP contribution in [0.15, 0.2) is 43.0 Å². The fraction of sp³-hybridized carbons (Fsp3) is 0.333. The van der Waals surface area contributed by atoms with Crippen molar-refractivity contribution >= 4 is 17.3 Å². The summed E-state index contributed by atoms with van der Waals surface area (Å²) in [5.41, 5.74) is 0.671. The molecule has 0 spiro atoms. The Kier molecular flexibility index (Phi) is 4.93. The third-order valence-corrected chi connectivity index (χ3v) is 4.05. The molecular weight excluding hydrogens is 305 g/mol.